The molecule has 8 heteroatoms. The van der Waals surface area contributed by atoms with Gasteiger partial charge in [-0.05, 0) is 41.0 Å². The van der Waals surface area contributed by atoms with Crippen molar-refractivity contribution in [3.63, 3.8) is 0 Å². The Hall–Kier alpha value is -2.51. The standard InChI is InChI=1S/C21H30N2O6/c1-7-13-16-14-9-10-15(18(16)17(13)19(24)27-8-2)23(21(26)29-12(5)6)22(14)20(25)28-11(3)4/h9-12,14-16,18H,7-8H2,1-6H3/t14-,15+,16+,18-/m0/s1. The van der Waals surface area contributed by atoms with E-state index in [-0.39, 0.29) is 36.6 Å². The van der Waals surface area contributed by atoms with Gasteiger partial charge in [0.2, 0.25) is 0 Å². The quantitative estimate of drug-likeness (QED) is 0.395. The summed E-state index contributed by atoms with van der Waals surface area (Å²) < 4.78 is 16.1. The Bertz CT molecular complexity index is 756. The van der Waals surface area contributed by atoms with Crippen LogP contribution in [-0.2, 0) is 19.0 Å². The number of rotatable bonds is 5. The summed E-state index contributed by atoms with van der Waals surface area (Å²) in [7, 11) is 0. The van der Waals surface area contributed by atoms with Crippen LogP contribution in [0.25, 0.3) is 0 Å². The van der Waals surface area contributed by atoms with E-state index >= 15 is 0 Å². The maximum absolute atomic E-state index is 12.9. The van der Waals surface area contributed by atoms with Crippen LogP contribution >= 0.6 is 0 Å². The van der Waals surface area contributed by atoms with Crippen LogP contribution in [0.5, 0.6) is 0 Å². The molecule has 0 aromatic carbocycles. The Morgan fingerprint density at radius 3 is 1.79 bits per heavy atom. The molecule has 4 atom stereocenters. The van der Waals surface area contributed by atoms with Gasteiger partial charge in [-0.25, -0.2) is 24.4 Å². The van der Waals surface area contributed by atoms with E-state index in [0.29, 0.717) is 12.0 Å². The van der Waals surface area contributed by atoms with Gasteiger partial charge < -0.3 is 14.2 Å². The normalized spacial score (nSPS) is 27.2. The van der Waals surface area contributed by atoms with Crippen LogP contribution in [0.2, 0.25) is 0 Å². The first-order valence-electron chi connectivity index (χ1n) is 10.3. The molecule has 0 unspecified atom stereocenters. The molecule has 4 rings (SSSR count). The smallest absolute Gasteiger partial charge is 0.429 e. The number of ether oxygens (including phenoxy) is 3. The van der Waals surface area contributed by atoms with Crippen molar-refractivity contribution >= 4 is 18.2 Å². The minimum atomic E-state index is -0.633. The lowest BCUT2D eigenvalue weighted by atomic mass is 9.57. The summed E-state index contributed by atoms with van der Waals surface area (Å²) in [5, 5.41) is 2.66. The van der Waals surface area contributed by atoms with Crippen molar-refractivity contribution in [1.29, 1.82) is 0 Å². The first-order valence-corrected chi connectivity index (χ1v) is 10.3. The molecule has 0 spiro atoms. The molecule has 2 aliphatic carbocycles. The van der Waals surface area contributed by atoms with Crippen LogP contribution in [0, 0.1) is 11.8 Å². The van der Waals surface area contributed by atoms with Crippen LogP contribution in [0.15, 0.2) is 23.3 Å². The fourth-order valence-electron chi connectivity index (χ4n) is 4.55. The molecule has 0 saturated carbocycles. The molecule has 2 heterocycles. The molecule has 29 heavy (non-hydrogen) atoms. The molecular weight excluding hydrogens is 376 g/mol. The molecule has 2 aliphatic heterocycles. The van der Waals surface area contributed by atoms with E-state index in [1.807, 2.05) is 19.1 Å². The summed E-state index contributed by atoms with van der Waals surface area (Å²) in [4.78, 5) is 38.4. The van der Waals surface area contributed by atoms with E-state index in [0.717, 1.165) is 5.57 Å². The summed E-state index contributed by atoms with van der Waals surface area (Å²) in [5.41, 5.74) is 1.60. The molecule has 2 bridgehead atoms. The van der Waals surface area contributed by atoms with Crippen molar-refractivity contribution in [3.8, 4) is 0 Å². The van der Waals surface area contributed by atoms with Gasteiger partial charge in [0.05, 0.1) is 30.9 Å². The molecule has 1 saturated heterocycles. The average molecular weight is 406 g/mol. The predicted octanol–water partition coefficient (Wildman–Crippen LogP) is 3.43. The van der Waals surface area contributed by atoms with E-state index in [1.165, 1.54) is 10.0 Å². The minimum Gasteiger partial charge on any atom is -0.463 e. The summed E-state index contributed by atoms with van der Waals surface area (Å²) in [6.07, 6.45) is 2.56. The van der Waals surface area contributed by atoms with Crippen molar-refractivity contribution in [3.05, 3.63) is 23.3 Å². The maximum atomic E-state index is 12.9. The first-order chi connectivity index (χ1) is 13.7. The van der Waals surface area contributed by atoms with Crippen molar-refractivity contribution in [2.75, 3.05) is 6.61 Å². The van der Waals surface area contributed by atoms with Gasteiger partial charge in [-0.1, -0.05) is 24.6 Å². The summed E-state index contributed by atoms with van der Waals surface area (Å²) >= 11 is 0. The maximum Gasteiger partial charge on any atom is 0.429 e. The molecule has 8 nitrogen and oxygen atoms in total. The number of carbonyl (C=O) groups excluding carboxylic acids is 3. The van der Waals surface area contributed by atoms with Crippen LogP contribution in [0.1, 0.15) is 48.0 Å². The number of esters is 1. The summed E-state index contributed by atoms with van der Waals surface area (Å²) in [6.45, 7) is 11.0. The fraction of sp³-hybridized carbons (Fsp3) is 0.667. The third-order valence-electron chi connectivity index (χ3n) is 5.43. The number of hydrogen-bond donors (Lipinski definition) is 0. The van der Waals surface area contributed by atoms with Crippen LogP contribution in [0.4, 0.5) is 9.59 Å². The van der Waals surface area contributed by atoms with Gasteiger partial charge in [-0.15, -0.1) is 0 Å². The second-order valence-corrected chi connectivity index (χ2v) is 7.98. The highest BCUT2D eigenvalue weighted by molar-refractivity contribution is 5.93. The Balaban J connectivity index is 2.02. The van der Waals surface area contributed by atoms with Crippen LogP contribution in [0.3, 0.4) is 0 Å². The zero-order valence-electron chi connectivity index (χ0n) is 17.9. The van der Waals surface area contributed by atoms with Gasteiger partial charge in [0.1, 0.15) is 0 Å². The minimum absolute atomic E-state index is 0.0442. The summed E-state index contributed by atoms with van der Waals surface area (Å²) in [5.74, 6) is -0.612. The lowest BCUT2D eigenvalue weighted by molar-refractivity contribution is -0.148. The Morgan fingerprint density at radius 2 is 1.38 bits per heavy atom. The Kier molecular flexibility index (Phi) is 5.91. The van der Waals surface area contributed by atoms with Gasteiger partial charge in [-0.2, -0.15) is 0 Å². The van der Waals surface area contributed by atoms with E-state index in [2.05, 4.69) is 0 Å². The van der Waals surface area contributed by atoms with Gasteiger partial charge in [-0.3, -0.25) is 0 Å². The van der Waals surface area contributed by atoms with Gasteiger partial charge >= 0.3 is 18.2 Å². The molecule has 2 amide bonds. The molecule has 0 N–H and O–H groups in total. The highest BCUT2D eigenvalue weighted by Gasteiger charge is 2.62. The van der Waals surface area contributed by atoms with Crippen molar-refractivity contribution in [2.24, 2.45) is 11.8 Å². The van der Waals surface area contributed by atoms with Crippen molar-refractivity contribution in [1.82, 2.24) is 10.0 Å². The predicted molar refractivity (Wildman–Crippen MR) is 105 cm³/mol. The van der Waals surface area contributed by atoms with E-state index < -0.39 is 24.3 Å². The average Bonchev–Trinajstić information content (AvgIpc) is 2.60. The van der Waals surface area contributed by atoms with Gasteiger partial charge in [0, 0.05) is 17.4 Å². The highest BCUT2D eigenvalue weighted by atomic mass is 16.6. The van der Waals surface area contributed by atoms with Crippen molar-refractivity contribution in [2.45, 2.75) is 72.3 Å². The zero-order valence-corrected chi connectivity index (χ0v) is 17.9. The molecular formula is C21H30N2O6. The third kappa shape index (κ3) is 3.49. The SMILES string of the molecule is CCOC(=O)C1=C(CC)[C@H]2[C@@H]1[C@H]1C=C[C@@H]2N(C(=O)OC(C)C)N1C(=O)OC(C)C. The van der Waals surface area contributed by atoms with Gasteiger partial charge in [0.15, 0.2) is 0 Å². The van der Waals surface area contributed by atoms with Crippen molar-refractivity contribution < 1.29 is 28.6 Å². The lowest BCUT2D eigenvalue weighted by Gasteiger charge is -2.60. The number of amides is 2. The number of fused-ring (bicyclic) bond motifs is 1. The lowest BCUT2D eigenvalue weighted by Crippen LogP contribution is -2.72. The second kappa shape index (κ2) is 8.08. The highest BCUT2D eigenvalue weighted by Crippen LogP contribution is 2.55. The molecule has 0 radical (unpaired) electrons. The number of nitrogens with zero attached hydrogens (tertiary/aromatic N) is 2. The van der Waals surface area contributed by atoms with Gasteiger partial charge in [0.25, 0.3) is 0 Å². The summed E-state index contributed by atoms with van der Waals surface area (Å²) in [6, 6.07) is -0.922. The van der Waals surface area contributed by atoms with Crippen LogP contribution in [-0.4, -0.2) is 59.1 Å². The number of hydrazine groups is 1. The van der Waals surface area contributed by atoms with Crippen LogP contribution < -0.4 is 0 Å². The molecule has 160 valence electrons. The number of hydrogen-bond acceptors (Lipinski definition) is 6. The monoisotopic (exact) mass is 406 g/mol. The largest absolute Gasteiger partial charge is 0.463 e. The fourth-order valence-corrected chi connectivity index (χ4v) is 4.55. The third-order valence-corrected chi connectivity index (χ3v) is 5.43. The Morgan fingerprint density at radius 1 is 0.897 bits per heavy atom. The molecule has 0 aromatic rings. The number of carbonyl (C=O) groups is 3. The second-order valence-electron chi connectivity index (χ2n) is 7.98. The molecule has 0 aromatic heterocycles. The zero-order chi connectivity index (χ0) is 21.5. The molecule has 1 fully saturated rings. The first kappa shape index (κ1) is 21.2. The Labute approximate surface area is 171 Å². The molecule has 4 aliphatic rings. The van der Waals surface area contributed by atoms with E-state index in [1.54, 1.807) is 34.6 Å². The van der Waals surface area contributed by atoms with E-state index in [4.69, 9.17) is 14.2 Å². The van der Waals surface area contributed by atoms with E-state index in [9.17, 15) is 14.4 Å². The topological polar surface area (TPSA) is 85.4 Å².